The van der Waals surface area contributed by atoms with E-state index in [0.29, 0.717) is 17.0 Å². The Morgan fingerprint density at radius 3 is 2.89 bits per heavy atom. The summed E-state index contributed by atoms with van der Waals surface area (Å²) in [6, 6.07) is 0. The van der Waals surface area contributed by atoms with E-state index in [4.69, 9.17) is 10.5 Å². The normalized spacial score (nSPS) is 31.1. The SMILES string of the molecule is C[C@H]1[C@H](O)[C@@H](CO)O[C@H]1n1cnc2c(N)ncnc21. The van der Waals surface area contributed by atoms with Crippen LogP contribution < -0.4 is 5.73 Å². The Labute approximate surface area is 108 Å². The number of hydrogen-bond acceptors (Lipinski definition) is 7. The second-order valence-corrected chi connectivity index (χ2v) is 4.68. The molecule has 3 rings (SSSR count). The van der Waals surface area contributed by atoms with E-state index in [2.05, 4.69) is 15.0 Å². The van der Waals surface area contributed by atoms with Crippen LogP contribution in [0.1, 0.15) is 13.2 Å². The van der Waals surface area contributed by atoms with Crippen molar-refractivity contribution in [3.8, 4) is 0 Å². The number of aliphatic hydroxyl groups excluding tert-OH is 2. The zero-order valence-electron chi connectivity index (χ0n) is 10.3. The van der Waals surface area contributed by atoms with Gasteiger partial charge in [0.15, 0.2) is 11.5 Å². The predicted molar refractivity (Wildman–Crippen MR) is 65.9 cm³/mol. The zero-order valence-corrected chi connectivity index (χ0v) is 10.3. The molecule has 0 saturated carbocycles. The number of aliphatic hydroxyl groups is 2. The molecule has 0 radical (unpaired) electrons. The lowest BCUT2D eigenvalue weighted by atomic mass is 10.0. The largest absolute Gasteiger partial charge is 0.394 e. The van der Waals surface area contributed by atoms with E-state index in [1.54, 1.807) is 10.9 Å². The van der Waals surface area contributed by atoms with Crippen molar-refractivity contribution in [3.63, 3.8) is 0 Å². The Bertz CT molecular complexity index is 601. The second kappa shape index (κ2) is 4.41. The molecule has 0 amide bonds. The van der Waals surface area contributed by atoms with Crippen molar-refractivity contribution in [3.05, 3.63) is 12.7 Å². The van der Waals surface area contributed by atoms with Crippen molar-refractivity contribution in [2.75, 3.05) is 12.3 Å². The summed E-state index contributed by atoms with van der Waals surface area (Å²) < 4.78 is 7.35. The lowest BCUT2D eigenvalue weighted by Gasteiger charge is -2.17. The number of anilines is 1. The van der Waals surface area contributed by atoms with Crippen molar-refractivity contribution in [2.45, 2.75) is 25.4 Å². The average molecular weight is 265 g/mol. The third-order valence-corrected chi connectivity index (χ3v) is 3.52. The van der Waals surface area contributed by atoms with Gasteiger partial charge in [-0.2, -0.15) is 0 Å². The summed E-state index contributed by atoms with van der Waals surface area (Å²) in [6.45, 7) is 1.62. The molecule has 0 aromatic carbocycles. The van der Waals surface area contributed by atoms with Gasteiger partial charge in [-0.15, -0.1) is 0 Å². The van der Waals surface area contributed by atoms with Crippen molar-refractivity contribution in [2.24, 2.45) is 5.92 Å². The van der Waals surface area contributed by atoms with E-state index in [0.717, 1.165) is 0 Å². The van der Waals surface area contributed by atoms with E-state index in [1.807, 2.05) is 6.92 Å². The number of nitrogens with two attached hydrogens (primary N) is 1. The molecule has 19 heavy (non-hydrogen) atoms. The van der Waals surface area contributed by atoms with Crippen LogP contribution in [0.5, 0.6) is 0 Å². The fraction of sp³-hybridized carbons (Fsp3) is 0.545. The Kier molecular flexibility index (Phi) is 2.85. The lowest BCUT2D eigenvalue weighted by Crippen LogP contribution is -2.28. The molecule has 1 saturated heterocycles. The third-order valence-electron chi connectivity index (χ3n) is 3.52. The maximum atomic E-state index is 9.98. The van der Waals surface area contributed by atoms with Crippen LogP contribution in [-0.2, 0) is 4.74 Å². The quantitative estimate of drug-likeness (QED) is 0.656. The van der Waals surface area contributed by atoms with Crippen LogP contribution in [0.4, 0.5) is 5.82 Å². The topological polar surface area (TPSA) is 119 Å². The molecule has 2 aromatic heterocycles. The van der Waals surface area contributed by atoms with E-state index < -0.39 is 18.4 Å². The van der Waals surface area contributed by atoms with E-state index >= 15 is 0 Å². The smallest absolute Gasteiger partial charge is 0.167 e. The van der Waals surface area contributed by atoms with E-state index in [1.165, 1.54) is 6.33 Å². The molecular weight excluding hydrogens is 250 g/mol. The molecule has 1 aliphatic heterocycles. The first-order chi connectivity index (χ1) is 9.13. The van der Waals surface area contributed by atoms with Gasteiger partial charge in [0, 0.05) is 5.92 Å². The van der Waals surface area contributed by atoms with Gasteiger partial charge >= 0.3 is 0 Å². The van der Waals surface area contributed by atoms with Gasteiger partial charge in [0.05, 0.1) is 19.0 Å². The first-order valence-corrected chi connectivity index (χ1v) is 6.01. The number of aromatic nitrogens is 4. The van der Waals surface area contributed by atoms with Crippen molar-refractivity contribution in [1.82, 2.24) is 19.5 Å². The number of nitrogens with zero attached hydrogens (tertiary/aromatic N) is 4. The minimum Gasteiger partial charge on any atom is -0.394 e. The Morgan fingerprint density at radius 1 is 1.42 bits per heavy atom. The van der Waals surface area contributed by atoms with Crippen LogP contribution in [0.3, 0.4) is 0 Å². The molecule has 4 atom stereocenters. The van der Waals surface area contributed by atoms with E-state index in [9.17, 15) is 10.2 Å². The van der Waals surface area contributed by atoms with Crippen LogP contribution in [-0.4, -0.2) is 48.5 Å². The van der Waals surface area contributed by atoms with Crippen LogP contribution in [0.15, 0.2) is 12.7 Å². The number of nitrogen functional groups attached to an aromatic ring is 1. The molecule has 1 aliphatic rings. The first-order valence-electron chi connectivity index (χ1n) is 6.01. The molecule has 4 N–H and O–H groups in total. The molecule has 0 bridgehead atoms. The lowest BCUT2D eigenvalue weighted by molar-refractivity contribution is -0.0447. The minimum absolute atomic E-state index is 0.189. The zero-order chi connectivity index (χ0) is 13.6. The highest BCUT2D eigenvalue weighted by molar-refractivity contribution is 5.81. The van der Waals surface area contributed by atoms with Crippen LogP contribution in [0.25, 0.3) is 11.2 Å². The fourth-order valence-corrected chi connectivity index (χ4v) is 2.42. The maximum absolute atomic E-state index is 9.98. The van der Waals surface area contributed by atoms with Gasteiger partial charge in [0.1, 0.15) is 24.2 Å². The standard InChI is InChI=1S/C11H15N5O3/c1-5-8(18)6(2-17)19-11(5)16-4-15-7-9(12)13-3-14-10(7)16/h3-6,8,11,17-18H,2H2,1H3,(H2,12,13,14)/t5-,6+,8-,11+/m0/s1. The van der Waals surface area contributed by atoms with Crippen molar-refractivity contribution in [1.29, 1.82) is 0 Å². The maximum Gasteiger partial charge on any atom is 0.167 e. The van der Waals surface area contributed by atoms with Gasteiger partial charge in [0.25, 0.3) is 0 Å². The molecule has 8 heteroatoms. The predicted octanol–water partition coefficient (Wildman–Crippen LogP) is -0.705. The molecule has 3 heterocycles. The number of ether oxygens (including phenoxy) is 1. The average Bonchev–Trinajstić information content (AvgIpc) is 2.94. The molecule has 0 spiro atoms. The summed E-state index contributed by atoms with van der Waals surface area (Å²) in [6.07, 6.45) is 1.15. The molecular formula is C11H15N5O3. The first kappa shape index (κ1) is 12.3. The highest BCUT2D eigenvalue weighted by atomic mass is 16.5. The summed E-state index contributed by atoms with van der Waals surface area (Å²) >= 11 is 0. The van der Waals surface area contributed by atoms with Crippen LogP contribution in [0, 0.1) is 5.92 Å². The number of hydrogen-bond donors (Lipinski definition) is 3. The van der Waals surface area contributed by atoms with E-state index in [-0.39, 0.29) is 12.5 Å². The van der Waals surface area contributed by atoms with Gasteiger partial charge in [-0.25, -0.2) is 15.0 Å². The monoisotopic (exact) mass is 265 g/mol. The van der Waals surface area contributed by atoms with Gasteiger partial charge in [-0.05, 0) is 0 Å². The third kappa shape index (κ3) is 1.76. The Morgan fingerprint density at radius 2 is 2.21 bits per heavy atom. The summed E-state index contributed by atoms with van der Waals surface area (Å²) in [5, 5.41) is 19.1. The number of rotatable bonds is 2. The molecule has 0 aliphatic carbocycles. The number of imidazole rings is 1. The van der Waals surface area contributed by atoms with Gasteiger partial charge in [-0.1, -0.05) is 6.92 Å². The summed E-state index contributed by atoms with van der Waals surface area (Å²) in [5.41, 5.74) is 6.78. The Balaban J connectivity index is 2.04. The Hall–Kier alpha value is -1.77. The molecule has 102 valence electrons. The molecule has 2 aromatic rings. The summed E-state index contributed by atoms with van der Waals surface area (Å²) in [7, 11) is 0. The fourth-order valence-electron chi connectivity index (χ4n) is 2.42. The van der Waals surface area contributed by atoms with Crippen LogP contribution in [0.2, 0.25) is 0 Å². The highest BCUT2D eigenvalue weighted by Crippen LogP contribution is 2.35. The molecule has 8 nitrogen and oxygen atoms in total. The van der Waals surface area contributed by atoms with Gasteiger partial charge < -0.3 is 20.7 Å². The van der Waals surface area contributed by atoms with Gasteiger partial charge in [-0.3, -0.25) is 4.57 Å². The van der Waals surface area contributed by atoms with Crippen LogP contribution >= 0.6 is 0 Å². The highest BCUT2D eigenvalue weighted by Gasteiger charge is 2.42. The minimum atomic E-state index is -0.730. The molecule has 0 unspecified atom stereocenters. The summed E-state index contributed by atoms with van der Waals surface area (Å²) in [5.74, 6) is 0.111. The molecule has 1 fully saturated rings. The van der Waals surface area contributed by atoms with Gasteiger partial charge in [0.2, 0.25) is 0 Å². The van der Waals surface area contributed by atoms with Crippen molar-refractivity contribution >= 4 is 17.0 Å². The number of fused-ring (bicyclic) bond motifs is 1. The summed E-state index contributed by atoms with van der Waals surface area (Å²) in [4.78, 5) is 12.2. The van der Waals surface area contributed by atoms with Crippen molar-refractivity contribution < 1.29 is 14.9 Å². The second-order valence-electron chi connectivity index (χ2n) is 4.68.